The van der Waals surface area contributed by atoms with E-state index < -0.39 is 6.10 Å². The van der Waals surface area contributed by atoms with E-state index in [4.69, 9.17) is 16.3 Å². The van der Waals surface area contributed by atoms with E-state index in [9.17, 15) is 4.79 Å². The van der Waals surface area contributed by atoms with Crippen LogP contribution in [0, 0.1) is 6.92 Å². The second-order valence-electron chi connectivity index (χ2n) is 5.01. The highest BCUT2D eigenvalue weighted by atomic mass is 79.9. The maximum atomic E-state index is 12.3. The van der Waals surface area contributed by atoms with Gasteiger partial charge in [-0.05, 0) is 54.4 Å². The maximum Gasteiger partial charge on any atom is 0.265 e. The zero-order valence-corrected chi connectivity index (χ0v) is 13.7. The van der Waals surface area contributed by atoms with Gasteiger partial charge in [0.1, 0.15) is 5.75 Å². The second kappa shape index (κ2) is 5.70. The van der Waals surface area contributed by atoms with Crippen molar-refractivity contribution in [2.75, 3.05) is 5.32 Å². The molecule has 0 fully saturated rings. The SMILES string of the molecule is Cc1cc(Br)ccc1NC(=O)[C@H]1Cc2cc(Cl)ccc2O1. The minimum Gasteiger partial charge on any atom is -0.480 e. The Morgan fingerprint density at radius 2 is 2.14 bits per heavy atom. The first-order chi connectivity index (χ1) is 10.0. The third-order valence-corrected chi connectivity index (χ3v) is 4.16. The van der Waals surface area contributed by atoms with Crippen molar-refractivity contribution < 1.29 is 9.53 Å². The molecule has 0 bridgehead atoms. The molecule has 2 aromatic carbocycles. The first-order valence-electron chi connectivity index (χ1n) is 6.55. The number of nitrogens with one attached hydrogen (secondary N) is 1. The van der Waals surface area contributed by atoms with Crippen molar-refractivity contribution in [1.82, 2.24) is 0 Å². The Kier molecular flexibility index (Phi) is 3.91. The minimum atomic E-state index is -0.512. The number of amides is 1. The van der Waals surface area contributed by atoms with Crippen LogP contribution in [0.5, 0.6) is 5.75 Å². The quantitative estimate of drug-likeness (QED) is 0.858. The van der Waals surface area contributed by atoms with E-state index in [1.807, 2.05) is 31.2 Å². The number of hydrogen-bond donors (Lipinski definition) is 1. The predicted octanol–water partition coefficient (Wildman–Crippen LogP) is 4.35. The van der Waals surface area contributed by atoms with Crippen LogP contribution in [0.4, 0.5) is 5.69 Å². The number of halogens is 2. The van der Waals surface area contributed by atoms with Gasteiger partial charge in [0, 0.05) is 21.6 Å². The molecular weight excluding hydrogens is 354 g/mol. The lowest BCUT2D eigenvalue weighted by molar-refractivity contribution is -0.122. The van der Waals surface area contributed by atoms with Crippen LogP contribution < -0.4 is 10.1 Å². The van der Waals surface area contributed by atoms with E-state index in [-0.39, 0.29) is 5.91 Å². The van der Waals surface area contributed by atoms with Crippen LogP contribution >= 0.6 is 27.5 Å². The van der Waals surface area contributed by atoms with Gasteiger partial charge in [0.2, 0.25) is 0 Å². The lowest BCUT2D eigenvalue weighted by Crippen LogP contribution is -2.31. The second-order valence-corrected chi connectivity index (χ2v) is 6.36. The molecule has 0 saturated heterocycles. The average Bonchev–Trinajstić information content (AvgIpc) is 2.85. The third-order valence-electron chi connectivity index (χ3n) is 3.44. The number of fused-ring (bicyclic) bond motifs is 1. The number of carbonyl (C=O) groups is 1. The molecule has 5 heteroatoms. The number of rotatable bonds is 2. The average molecular weight is 367 g/mol. The van der Waals surface area contributed by atoms with Gasteiger partial charge in [-0.2, -0.15) is 0 Å². The highest BCUT2D eigenvalue weighted by Gasteiger charge is 2.29. The molecule has 1 N–H and O–H groups in total. The molecule has 1 aliphatic rings. The van der Waals surface area contributed by atoms with E-state index in [0.29, 0.717) is 11.4 Å². The normalized spacial score (nSPS) is 16.2. The van der Waals surface area contributed by atoms with Crippen molar-refractivity contribution in [2.24, 2.45) is 0 Å². The van der Waals surface area contributed by atoms with Gasteiger partial charge in [0.05, 0.1) is 0 Å². The van der Waals surface area contributed by atoms with E-state index in [1.165, 1.54) is 0 Å². The fourth-order valence-corrected chi connectivity index (χ4v) is 3.01. The first-order valence-corrected chi connectivity index (χ1v) is 7.72. The summed E-state index contributed by atoms with van der Waals surface area (Å²) in [5.74, 6) is 0.583. The van der Waals surface area contributed by atoms with Crippen LogP contribution in [-0.4, -0.2) is 12.0 Å². The number of benzene rings is 2. The van der Waals surface area contributed by atoms with E-state index in [1.54, 1.807) is 12.1 Å². The van der Waals surface area contributed by atoms with E-state index >= 15 is 0 Å². The summed E-state index contributed by atoms with van der Waals surface area (Å²) in [7, 11) is 0. The number of ether oxygens (including phenoxy) is 1. The summed E-state index contributed by atoms with van der Waals surface area (Å²) >= 11 is 9.36. The number of anilines is 1. The Labute approximate surface area is 136 Å². The lowest BCUT2D eigenvalue weighted by atomic mass is 10.1. The molecule has 0 spiro atoms. The molecule has 1 heterocycles. The predicted molar refractivity (Wildman–Crippen MR) is 87.1 cm³/mol. The Bertz CT molecular complexity index is 717. The standard InChI is InChI=1S/C16H13BrClNO2/c1-9-6-11(17)2-4-13(9)19-16(20)15-8-10-7-12(18)3-5-14(10)21-15/h2-7,15H,8H2,1H3,(H,19,20)/t15-/m1/s1. The zero-order valence-electron chi connectivity index (χ0n) is 11.3. The van der Waals surface area contributed by atoms with Crippen LogP contribution in [0.3, 0.4) is 0 Å². The number of carbonyl (C=O) groups excluding carboxylic acids is 1. The molecule has 1 amide bonds. The molecule has 0 aromatic heterocycles. The van der Waals surface area contributed by atoms with Crippen LogP contribution in [-0.2, 0) is 11.2 Å². The highest BCUT2D eigenvalue weighted by Crippen LogP contribution is 2.31. The summed E-state index contributed by atoms with van der Waals surface area (Å²) in [5, 5.41) is 3.57. The van der Waals surface area contributed by atoms with Gasteiger partial charge in [-0.15, -0.1) is 0 Å². The maximum absolute atomic E-state index is 12.3. The summed E-state index contributed by atoms with van der Waals surface area (Å²) < 4.78 is 6.66. The Morgan fingerprint density at radius 1 is 1.33 bits per heavy atom. The summed E-state index contributed by atoms with van der Waals surface area (Å²) in [6, 6.07) is 11.1. The van der Waals surface area contributed by atoms with Crippen molar-refractivity contribution in [3.05, 3.63) is 57.0 Å². The molecule has 1 aliphatic heterocycles. The van der Waals surface area contributed by atoms with Gasteiger partial charge in [0.15, 0.2) is 6.10 Å². The molecule has 2 aromatic rings. The Hall–Kier alpha value is -1.52. The van der Waals surface area contributed by atoms with Crippen LogP contribution in [0.2, 0.25) is 5.02 Å². The molecule has 0 aliphatic carbocycles. The molecule has 1 atom stereocenters. The van der Waals surface area contributed by atoms with Gasteiger partial charge < -0.3 is 10.1 Å². The fraction of sp³-hybridized carbons (Fsp3) is 0.188. The Balaban J connectivity index is 1.73. The first kappa shape index (κ1) is 14.4. The Morgan fingerprint density at radius 3 is 2.90 bits per heavy atom. The smallest absolute Gasteiger partial charge is 0.265 e. The molecule has 21 heavy (non-hydrogen) atoms. The number of aryl methyl sites for hydroxylation is 1. The summed E-state index contributed by atoms with van der Waals surface area (Å²) in [5.41, 5.74) is 2.76. The largest absolute Gasteiger partial charge is 0.480 e. The fourth-order valence-electron chi connectivity index (χ4n) is 2.34. The summed E-state index contributed by atoms with van der Waals surface area (Å²) in [6.07, 6.45) is 0.0265. The molecule has 3 rings (SSSR count). The molecule has 0 saturated carbocycles. The minimum absolute atomic E-state index is 0.146. The van der Waals surface area contributed by atoms with E-state index in [0.717, 1.165) is 27.0 Å². The van der Waals surface area contributed by atoms with Crippen LogP contribution in [0.15, 0.2) is 40.9 Å². The van der Waals surface area contributed by atoms with Crippen molar-refractivity contribution >= 4 is 39.1 Å². The van der Waals surface area contributed by atoms with Gasteiger partial charge in [-0.1, -0.05) is 27.5 Å². The highest BCUT2D eigenvalue weighted by molar-refractivity contribution is 9.10. The van der Waals surface area contributed by atoms with E-state index in [2.05, 4.69) is 21.2 Å². The summed E-state index contributed by atoms with van der Waals surface area (Å²) in [6.45, 7) is 1.95. The van der Waals surface area contributed by atoms with Gasteiger partial charge in [-0.3, -0.25) is 4.79 Å². The van der Waals surface area contributed by atoms with Crippen molar-refractivity contribution in [2.45, 2.75) is 19.4 Å². The zero-order chi connectivity index (χ0) is 15.0. The van der Waals surface area contributed by atoms with Crippen LogP contribution in [0.25, 0.3) is 0 Å². The lowest BCUT2D eigenvalue weighted by Gasteiger charge is -2.13. The van der Waals surface area contributed by atoms with Crippen molar-refractivity contribution in [3.8, 4) is 5.75 Å². The molecule has 0 unspecified atom stereocenters. The van der Waals surface area contributed by atoms with Gasteiger partial charge in [-0.25, -0.2) is 0 Å². The van der Waals surface area contributed by atoms with Gasteiger partial charge >= 0.3 is 0 Å². The van der Waals surface area contributed by atoms with Crippen LogP contribution in [0.1, 0.15) is 11.1 Å². The van der Waals surface area contributed by atoms with Crippen molar-refractivity contribution in [3.63, 3.8) is 0 Å². The topological polar surface area (TPSA) is 38.3 Å². The monoisotopic (exact) mass is 365 g/mol. The molecule has 108 valence electrons. The molecular formula is C16H13BrClNO2. The molecule has 3 nitrogen and oxygen atoms in total. The third kappa shape index (κ3) is 3.06. The number of hydrogen-bond acceptors (Lipinski definition) is 2. The molecule has 0 radical (unpaired) electrons. The summed E-state index contributed by atoms with van der Waals surface area (Å²) in [4.78, 5) is 12.3. The van der Waals surface area contributed by atoms with Crippen molar-refractivity contribution in [1.29, 1.82) is 0 Å². The van der Waals surface area contributed by atoms with Gasteiger partial charge in [0.25, 0.3) is 5.91 Å².